The van der Waals surface area contributed by atoms with Crippen LogP contribution in [0.1, 0.15) is 37.9 Å². The molecule has 1 saturated heterocycles. The van der Waals surface area contributed by atoms with Crippen molar-refractivity contribution < 1.29 is 14.2 Å². The molecule has 2 aliphatic heterocycles. The van der Waals surface area contributed by atoms with Gasteiger partial charge >= 0.3 is 0 Å². The highest BCUT2D eigenvalue weighted by Gasteiger charge is 2.43. The maximum atomic E-state index is 6.38. The summed E-state index contributed by atoms with van der Waals surface area (Å²) in [4.78, 5) is 0. The van der Waals surface area contributed by atoms with Crippen LogP contribution in [0.3, 0.4) is 0 Å². The van der Waals surface area contributed by atoms with E-state index in [9.17, 15) is 0 Å². The van der Waals surface area contributed by atoms with Crippen LogP contribution in [0.5, 0.6) is 11.5 Å². The van der Waals surface area contributed by atoms with E-state index < -0.39 is 0 Å². The number of piperidine rings is 1. The predicted octanol–water partition coefficient (Wildman–Crippen LogP) is 2.68. The van der Waals surface area contributed by atoms with E-state index in [1.165, 1.54) is 0 Å². The first-order chi connectivity index (χ1) is 9.78. The monoisotopic (exact) mass is 277 g/mol. The summed E-state index contributed by atoms with van der Waals surface area (Å²) in [5.74, 6) is 1.82. The van der Waals surface area contributed by atoms with Gasteiger partial charge in [0.1, 0.15) is 17.1 Å². The molecule has 1 aromatic carbocycles. The van der Waals surface area contributed by atoms with Gasteiger partial charge in [0, 0.05) is 13.5 Å². The highest BCUT2D eigenvalue weighted by atomic mass is 16.5. The zero-order valence-corrected chi connectivity index (χ0v) is 12.3. The van der Waals surface area contributed by atoms with Gasteiger partial charge in [0.15, 0.2) is 0 Å². The standard InChI is InChI=1S/C16H23NO3/c1-3-19-12-5-4-6-13-15(12)14(18-2)11-16(20-13)7-9-17-10-8-16/h4-6,14,17H,3,7-11H2,1-2H3. The Labute approximate surface area is 120 Å². The number of nitrogens with one attached hydrogen (secondary N) is 1. The van der Waals surface area contributed by atoms with E-state index in [1.54, 1.807) is 7.11 Å². The summed E-state index contributed by atoms with van der Waals surface area (Å²) in [6.45, 7) is 4.68. The number of hydrogen-bond acceptors (Lipinski definition) is 4. The molecule has 1 fully saturated rings. The number of hydrogen-bond donors (Lipinski definition) is 1. The van der Waals surface area contributed by atoms with Crippen molar-refractivity contribution in [2.75, 3.05) is 26.8 Å². The van der Waals surface area contributed by atoms with Crippen molar-refractivity contribution in [1.82, 2.24) is 5.32 Å². The minimum Gasteiger partial charge on any atom is -0.493 e. The predicted molar refractivity (Wildman–Crippen MR) is 77.4 cm³/mol. The van der Waals surface area contributed by atoms with Crippen molar-refractivity contribution in [3.63, 3.8) is 0 Å². The topological polar surface area (TPSA) is 39.7 Å². The quantitative estimate of drug-likeness (QED) is 0.922. The molecule has 1 unspecified atom stereocenters. The third-order valence-corrected chi connectivity index (χ3v) is 4.33. The van der Waals surface area contributed by atoms with E-state index in [4.69, 9.17) is 14.2 Å². The lowest BCUT2D eigenvalue weighted by atomic mass is 9.82. The lowest BCUT2D eigenvalue weighted by molar-refractivity contribution is -0.0490. The van der Waals surface area contributed by atoms with Crippen molar-refractivity contribution in [1.29, 1.82) is 0 Å². The lowest BCUT2D eigenvalue weighted by Crippen LogP contribution is -2.49. The number of benzene rings is 1. The van der Waals surface area contributed by atoms with Gasteiger partial charge in [-0.2, -0.15) is 0 Å². The molecule has 20 heavy (non-hydrogen) atoms. The van der Waals surface area contributed by atoms with Gasteiger partial charge in [0.2, 0.25) is 0 Å². The molecule has 110 valence electrons. The molecule has 0 radical (unpaired) electrons. The maximum absolute atomic E-state index is 6.38. The second-order valence-electron chi connectivity index (χ2n) is 5.56. The van der Waals surface area contributed by atoms with E-state index in [0.717, 1.165) is 49.4 Å². The zero-order valence-electron chi connectivity index (χ0n) is 12.3. The van der Waals surface area contributed by atoms with Crippen LogP contribution in [0.4, 0.5) is 0 Å². The molecule has 0 amide bonds. The van der Waals surface area contributed by atoms with Crippen LogP contribution >= 0.6 is 0 Å². The first-order valence-corrected chi connectivity index (χ1v) is 7.46. The molecule has 1 N–H and O–H groups in total. The van der Waals surface area contributed by atoms with Crippen LogP contribution in [0.2, 0.25) is 0 Å². The number of fused-ring (bicyclic) bond motifs is 1. The average Bonchev–Trinajstić information content (AvgIpc) is 2.47. The number of ether oxygens (including phenoxy) is 3. The van der Waals surface area contributed by atoms with Gasteiger partial charge in [-0.05, 0) is 45.0 Å². The maximum Gasteiger partial charge on any atom is 0.129 e. The van der Waals surface area contributed by atoms with Gasteiger partial charge in [-0.25, -0.2) is 0 Å². The van der Waals surface area contributed by atoms with Gasteiger partial charge in [-0.3, -0.25) is 0 Å². The van der Waals surface area contributed by atoms with E-state index in [2.05, 4.69) is 5.32 Å². The van der Waals surface area contributed by atoms with E-state index in [0.29, 0.717) is 6.61 Å². The van der Waals surface area contributed by atoms with E-state index in [-0.39, 0.29) is 11.7 Å². The average molecular weight is 277 g/mol. The third kappa shape index (κ3) is 2.38. The van der Waals surface area contributed by atoms with E-state index in [1.807, 2.05) is 25.1 Å². The van der Waals surface area contributed by atoms with Gasteiger partial charge in [0.05, 0.1) is 18.3 Å². The Balaban J connectivity index is 1.97. The number of methoxy groups -OCH3 is 1. The van der Waals surface area contributed by atoms with E-state index >= 15 is 0 Å². The molecule has 1 atom stereocenters. The Kier molecular flexibility index (Phi) is 3.85. The fourth-order valence-electron chi connectivity index (χ4n) is 3.32. The summed E-state index contributed by atoms with van der Waals surface area (Å²) >= 11 is 0. The molecule has 1 spiro atoms. The van der Waals surface area contributed by atoms with Gasteiger partial charge in [0.25, 0.3) is 0 Å². The molecular weight excluding hydrogens is 254 g/mol. The SMILES string of the molecule is CCOc1cccc2c1C(OC)CC1(CCNCC1)O2. The number of rotatable bonds is 3. The van der Waals surface area contributed by atoms with Gasteiger partial charge < -0.3 is 19.5 Å². The van der Waals surface area contributed by atoms with Crippen LogP contribution in [-0.2, 0) is 4.74 Å². The fourth-order valence-corrected chi connectivity index (χ4v) is 3.32. The highest BCUT2D eigenvalue weighted by molar-refractivity contribution is 5.48. The minimum absolute atomic E-state index is 0.0552. The summed E-state index contributed by atoms with van der Waals surface area (Å²) in [5.41, 5.74) is 0.991. The molecule has 4 heteroatoms. The molecular formula is C16H23NO3. The van der Waals surface area contributed by atoms with Crippen molar-refractivity contribution in [3.8, 4) is 11.5 Å². The Morgan fingerprint density at radius 1 is 1.35 bits per heavy atom. The molecule has 3 rings (SSSR count). The summed E-state index contributed by atoms with van der Waals surface area (Å²) in [6, 6.07) is 6.03. The zero-order chi connectivity index (χ0) is 14.0. The van der Waals surface area contributed by atoms with Gasteiger partial charge in [-0.15, -0.1) is 0 Å². The largest absolute Gasteiger partial charge is 0.493 e. The van der Waals surface area contributed by atoms with Crippen LogP contribution < -0.4 is 14.8 Å². The Morgan fingerprint density at radius 3 is 2.85 bits per heavy atom. The first-order valence-electron chi connectivity index (χ1n) is 7.46. The molecule has 4 nitrogen and oxygen atoms in total. The third-order valence-electron chi connectivity index (χ3n) is 4.33. The fraction of sp³-hybridized carbons (Fsp3) is 0.625. The summed E-state index contributed by atoms with van der Waals surface area (Å²) < 4.78 is 17.9. The molecule has 0 aromatic heterocycles. The summed E-state index contributed by atoms with van der Waals surface area (Å²) in [5, 5.41) is 3.40. The molecule has 0 bridgehead atoms. The Bertz CT molecular complexity index is 469. The lowest BCUT2D eigenvalue weighted by Gasteiger charge is -2.44. The molecule has 2 aliphatic rings. The second-order valence-corrected chi connectivity index (χ2v) is 5.56. The summed E-state index contributed by atoms with van der Waals surface area (Å²) in [6.07, 6.45) is 3.03. The smallest absolute Gasteiger partial charge is 0.129 e. The van der Waals surface area contributed by atoms with Gasteiger partial charge in [-0.1, -0.05) is 6.07 Å². The molecule has 0 aliphatic carbocycles. The van der Waals surface area contributed by atoms with Crippen LogP contribution in [0, 0.1) is 0 Å². The van der Waals surface area contributed by atoms with Crippen molar-refractivity contribution in [2.24, 2.45) is 0 Å². The molecule has 1 aromatic rings. The van der Waals surface area contributed by atoms with Crippen LogP contribution in [0.25, 0.3) is 0 Å². The van der Waals surface area contributed by atoms with Crippen LogP contribution in [0.15, 0.2) is 18.2 Å². The summed E-state index contributed by atoms with van der Waals surface area (Å²) in [7, 11) is 1.78. The van der Waals surface area contributed by atoms with Crippen LogP contribution in [-0.4, -0.2) is 32.4 Å². The van der Waals surface area contributed by atoms with Crippen molar-refractivity contribution in [3.05, 3.63) is 23.8 Å². The Hall–Kier alpha value is -1.26. The first kappa shape index (κ1) is 13.7. The second kappa shape index (κ2) is 5.62. The minimum atomic E-state index is -0.0796. The van der Waals surface area contributed by atoms with Crippen molar-refractivity contribution >= 4 is 0 Å². The Morgan fingerprint density at radius 2 is 2.15 bits per heavy atom. The molecule has 2 heterocycles. The molecule has 0 saturated carbocycles. The normalized spacial score (nSPS) is 24.0. The highest BCUT2D eigenvalue weighted by Crippen LogP contribution is 2.48. The van der Waals surface area contributed by atoms with Crippen molar-refractivity contribution in [2.45, 2.75) is 37.9 Å².